The molecule has 0 unspecified atom stereocenters. The largest absolute Gasteiger partial charge is 0.370 e. The fourth-order valence-corrected chi connectivity index (χ4v) is 4.30. The summed E-state index contributed by atoms with van der Waals surface area (Å²) in [6.07, 6.45) is 1.64. The number of nitrogens with zero attached hydrogens (tertiary/aromatic N) is 4. The van der Waals surface area contributed by atoms with Gasteiger partial charge < -0.3 is 36.1 Å². The average Bonchev–Trinajstić information content (AvgIpc) is 3.50. The van der Waals surface area contributed by atoms with Gasteiger partial charge in [-0.3, -0.25) is 15.0 Å². The molecular formula is C25H30Cl4N10O2. The van der Waals surface area contributed by atoms with Crippen molar-refractivity contribution in [3.8, 4) is 11.6 Å². The number of nitrogens with one attached hydrogen (secondary N) is 5. The Hall–Kier alpha value is -3.71. The van der Waals surface area contributed by atoms with Gasteiger partial charge in [0.15, 0.2) is 23.4 Å². The number of rotatable bonds is 11. The molecule has 0 aliphatic heterocycles. The van der Waals surface area contributed by atoms with Crippen LogP contribution in [0.4, 0.5) is 17.2 Å². The van der Waals surface area contributed by atoms with E-state index in [4.69, 9.17) is 34.3 Å². The van der Waals surface area contributed by atoms with Crippen LogP contribution in [0.2, 0.25) is 0 Å². The van der Waals surface area contributed by atoms with Crippen LogP contribution in [0.5, 0.6) is 0 Å². The van der Waals surface area contributed by atoms with Crippen molar-refractivity contribution in [1.82, 2.24) is 24.8 Å². The summed E-state index contributed by atoms with van der Waals surface area (Å²) in [5, 5.41) is 15.1. The Bertz CT molecular complexity index is 1480. The van der Waals surface area contributed by atoms with E-state index in [-0.39, 0.29) is 43.2 Å². The van der Waals surface area contributed by atoms with E-state index in [1.165, 1.54) is 0 Å². The molecule has 0 spiro atoms. The molecule has 220 valence electrons. The Balaban J connectivity index is 0.00000294. The summed E-state index contributed by atoms with van der Waals surface area (Å²) in [6.45, 7) is 1.21. The molecule has 0 radical (unpaired) electrons. The fraction of sp³-hybridized carbons (Fsp3) is 0.240. The number of amides is 2. The van der Waals surface area contributed by atoms with Crippen molar-refractivity contribution >= 4 is 94.0 Å². The minimum absolute atomic E-state index is 0. The van der Waals surface area contributed by atoms with Crippen molar-refractivity contribution in [2.75, 3.05) is 46.9 Å². The molecule has 41 heavy (non-hydrogen) atoms. The molecule has 0 aliphatic carbocycles. The second-order valence-electron chi connectivity index (χ2n) is 8.56. The van der Waals surface area contributed by atoms with Gasteiger partial charge in [0.05, 0.1) is 17.6 Å². The van der Waals surface area contributed by atoms with Gasteiger partial charge in [0, 0.05) is 55.0 Å². The summed E-state index contributed by atoms with van der Waals surface area (Å²) in [6, 6.07) is 12.7. The molecule has 0 fully saturated rings. The van der Waals surface area contributed by atoms with E-state index >= 15 is 0 Å². The number of H-pyrrole nitrogens is 1. The van der Waals surface area contributed by atoms with Gasteiger partial charge >= 0.3 is 0 Å². The third-order valence-electron chi connectivity index (χ3n) is 5.74. The van der Waals surface area contributed by atoms with Crippen LogP contribution in [0.25, 0.3) is 22.7 Å². The van der Waals surface area contributed by atoms with Crippen LogP contribution < -0.4 is 26.6 Å². The molecule has 16 heteroatoms. The molecule has 2 aromatic heterocycles. The van der Waals surface area contributed by atoms with E-state index in [9.17, 15) is 9.59 Å². The second kappa shape index (κ2) is 15.3. The highest BCUT2D eigenvalue weighted by Crippen LogP contribution is 2.23. The standard InChI is InChI=1S/C25H28Cl2N10O2.2ClH/c1-36-14-20(34-21(38)13-30-25(28)29)35-23(36)22-32-18-7-2-15(12-19(18)33-22)24(39)31-16-3-5-17(6-4-16)37(10-8-26)11-9-27;;/h2-7,12,14H,8-11,13H2,1H3,(H,31,39)(H,32,33)(H,34,38)(H4,28,29,30);2*1H. The maximum absolute atomic E-state index is 12.9. The first-order valence-electron chi connectivity index (χ1n) is 12.0. The topological polar surface area (TPSA) is 170 Å². The smallest absolute Gasteiger partial charge is 0.255 e. The lowest BCUT2D eigenvalue weighted by Crippen LogP contribution is -2.36. The molecule has 0 atom stereocenters. The van der Waals surface area contributed by atoms with E-state index in [1.54, 1.807) is 36.0 Å². The predicted octanol–water partition coefficient (Wildman–Crippen LogP) is 3.76. The maximum atomic E-state index is 12.9. The molecule has 7 N–H and O–H groups in total. The highest BCUT2D eigenvalue weighted by atomic mass is 35.5. The number of benzene rings is 2. The quantitative estimate of drug-likeness (QED) is 0.0821. The zero-order valence-corrected chi connectivity index (χ0v) is 25.1. The lowest BCUT2D eigenvalue weighted by atomic mass is 10.2. The molecule has 2 amide bonds. The summed E-state index contributed by atoms with van der Waals surface area (Å²) in [7, 11) is 1.77. The van der Waals surface area contributed by atoms with Gasteiger partial charge in [-0.15, -0.1) is 48.0 Å². The first kappa shape index (κ1) is 33.5. The number of anilines is 3. The van der Waals surface area contributed by atoms with Gasteiger partial charge in [-0.25, -0.2) is 9.97 Å². The van der Waals surface area contributed by atoms with Crippen LogP contribution in [0.15, 0.2) is 48.7 Å². The molecule has 2 aromatic carbocycles. The van der Waals surface area contributed by atoms with Gasteiger partial charge in [-0.05, 0) is 42.5 Å². The molecule has 0 bridgehead atoms. The number of alkyl halides is 2. The molecule has 2 heterocycles. The Kier molecular flexibility index (Phi) is 12.5. The number of imidazole rings is 2. The number of halogens is 4. The van der Waals surface area contributed by atoms with Crippen molar-refractivity contribution in [2.45, 2.75) is 0 Å². The molecule has 0 saturated carbocycles. The number of fused-ring (bicyclic) bond motifs is 1. The summed E-state index contributed by atoms with van der Waals surface area (Å²) >= 11 is 11.8. The maximum Gasteiger partial charge on any atom is 0.255 e. The second-order valence-corrected chi connectivity index (χ2v) is 9.32. The van der Waals surface area contributed by atoms with Gasteiger partial charge in [0.2, 0.25) is 5.91 Å². The van der Waals surface area contributed by atoms with Crippen molar-refractivity contribution in [3.63, 3.8) is 0 Å². The summed E-state index contributed by atoms with van der Waals surface area (Å²) in [5.74, 6) is 1.30. The number of nitrogens with two attached hydrogens (primary N) is 1. The van der Waals surface area contributed by atoms with Crippen molar-refractivity contribution < 1.29 is 9.59 Å². The first-order valence-corrected chi connectivity index (χ1v) is 13.0. The van der Waals surface area contributed by atoms with Crippen LogP contribution in [-0.4, -0.2) is 68.7 Å². The summed E-state index contributed by atoms with van der Waals surface area (Å²) < 4.78 is 1.71. The molecule has 4 rings (SSSR count). The minimum Gasteiger partial charge on any atom is -0.370 e. The number of carbonyl (C=O) groups excluding carboxylic acids is 2. The molecule has 0 aliphatic rings. The number of carbonyl (C=O) groups is 2. The Morgan fingerprint density at radius 1 is 1.05 bits per heavy atom. The van der Waals surface area contributed by atoms with Crippen LogP contribution in [0, 0.1) is 5.41 Å². The van der Waals surface area contributed by atoms with E-state index in [0.29, 0.717) is 59.1 Å². The fourth-order valence-electron chi connectivity index (χ4n) is 3.89. The molecule has 12 nitrogen and oxygen atoms in total. The van der Waals surface area contributed by atoms with Gasteiger partial charge in [0.25, 0.3) is 5.91 Å². The third-order valence-corrected chi connectivity index (χ3v) is 6.08. The number of guanidine groups is 1. The summed E-state index contributed by atoms with van der Waals surface area (Å²) in [5.41, 5.74) is 8.60. The van der Waals surface area contributed by atoms with Crippen LogP contribution in [0.3, 0.4) is 0 Å². The predicted molar refractivity (Wildman–Crippen MR) is 169 cm³/mol. The van der Waals surface area contributed by atoms with Crippen molar-refractivity contribution in [1.29, 1.82) is 5.41 Å². The SMILES string of the molecule is Cl.Cl.Cn1cc(NC(=O)CNC(=N)N)nc1-c1nc2cc(C(=O)Nc3ccc(N(CCCl)CCCl)cc3)ccc2[nH]1. The number of hydrogen-bond acceptors (Lipinski definition) is 6. The number of aromatic amines is 1. The van der Waals surface area contributed by atoms with Crippen LogP contribution >= 0.6 is 48.0 Å². The highest BCUT2D eigenvalue weighted by molar-refractivity contribution is 6.18. The normalized spacial score (nSPS) is 10.3. The van der Waals surface area contributed by atoms with Gasteiger partial charge in [-0.1, -0.05) is 0 Å². The molecular weight excluding hydrogens is 614 g/mol. The van der Waals surface area contributed by atoms with Crippen molar-refractivity contribution in [2.24, 2.45) is 12.8 Å². The van der Waals surface area contributed by atoms with Crippen molar-refractivity contribution in [3.05, 3.63) is 54.2 Å². The minimum atomic E-state index is -0.396. The number of hydrogen-bond donors (Lipinski definition) is 6. The van der Waals surface area contributed by atoms with Gasteiger partial charge in [0.1, 0.15) is 0 Å². The van der Waals surface area contributed by atoms with Crippen LogP contribution in [-0.2, 0) is 11.8 Å². The van der Waals surface area contributed by atoms with E-state index < -0.39 is 5.91 Å². The summed E-state index contributed by atoms with van der Waals surface area (Å²) in [4.78, 5) is 39.2. The molecule has 0 saturated heterocycles. The zero-order chi connectivity index (χ0) is 27.9. The van der Waals surface area contributed by atoms with E-state index in [0.717, 1.165) is 11.2 Å². The van der Waals surface area contributed by atoms with E-state index in [2.05, 4.69) is 35.8 Å². The Morgan fingerprint density at radius 3 is 2.37 bits per heavy atom. The molecule has 4 aromatic rings. The lowest BCUT2D eigenvalue weighted by molar-refractivity contribution is -0.115. The van der Waals surface area contributed by atoms with Gasteiger partial charge in [-0.2, -0.15) is 0 Å². The lowest BCUT2D eigenvalue weighted by Gasteiger charge is -2.23. The van der Waals surface area contributed by atoms with Crippen LogP contribution in [0.1, 0.15) is 10.4 Å². The Labute approximate surface area is 258 Å². The number of aryl methyl sites for hydroxylation is 1. The number of aromatic nitrogens is 4. The zero-order valence-electron chi connectivity index (χ0n) is 21.9. The van der Waals surface area contributed by atoms with E-state index in [1.807, 2.05) is 24.3 Å². The third kappa shape index (κ3) is 8.64. The highest BCUT2D eigenvalue weighted by Gasteiger charge is 2.16. The Morgan fingerprint density at radius 2 is 1.73 bits per heavy atom. The average molecular weight is 644 g/mol. The monoisotopic (exact) mass is 642 g/mol. The first-order chi connectivity index (χ1) is 18.8.